The third kappa shape index (κ3) is 2.31. The van der Waals surface area contributed by atoms with Crippen LogP contribution in [0.3, 0.4) is 0 Å². The molecule has 1 heterocycles. The van der Waals surface area contributed by atoms with Gasteiger partial charge in [-0.2, -0.15) is 0 Å². The first-order valence-corrected chi connectivity index (χ1v) is 6.46. The van der Waals surface area contributed by atoms with Gasteiger partial charge < -0.3 is 10.0 Å². The number of aliphatic carboxylic acids is 1. The number of carboxylic acid groups (broad SMARTS) is 1. The largest absolute Gasteiger partial charge is 0.481 e. The average molecular weight is 239 g/mol. The topological polar surface area (TPSA) is 57.6 Å². The summed E-state index contributed by atoms with van der Waals surface area (Å²) in [6, 6.07) is 0. The van der Waals surface area contributed by atoms with Crippen molar-refractivity contribution in [1.29, 1.82) is 0 Å². The van der Waals surface area contributed by atoms with Crippen LogP contribution in [0.5, 0.6) is 0 Å². The average Bonchev–Trinajstić information content (AvgIpc) is 2.82. The van der Waals surface area contributed by atoms with Gasteiger partial charge in [0.25, 0.3) is 0 Å². The summed E-state index contributed by atoms with van der Waals surface area (Å²) in [6.45, 7) is 5.03. The van der Waals surface area contributed by atoms with Gasteiger partial charge >= 0.3 is 5.97 Å². The highest BCUT2D eigenvalue weighted by atomic mass is 16.4. The van der Waals surface area contributed by atoms with Gasteiger partial charge in [-0.3, -0.25) is 9.59 Å². The lowest BCUT2D eigenvalue weighted by atomic mass is 9.98. The molecule has 17 heavy (non-hydrogen) atoms. The molecule has 96 valence electrons. The molecule has 2 atom stereocenters. The van der Waals surface area contributed by atoms with Gasteiger partial charge in [0.1, 0.15) is 0 Å². The van der Waals surface area contributed by atoms with Crippen LogP contribution in [-0.4, -0.2) is 34.0 Å². The molecule has 2 rings (SSSR count). The number of carboxylic acids is 1. The first-order chi connectivity index (χ1) is 7.92. The molecule has 1 saturated carbocycles. The van der Waals surface area contributed by atoms with Gasteiger partial charge in [0.05, 0.1) is 5.92 Å². The van der Waals surface area contributed by atoms with E-state index in [2.05, 4.69) is 13.8 Å². The molecule has 4 nitrogen and oxygen atoms in total. The van der Waals surface area contributed by atoms with Crippen molar-refractivity contribution in [2.24, 2.45) is 11.8 Å². The quantitative estimate of drug-likeness (QED) is 0.800. The van der Waals surface area contributed by atoms with Gasteiger partial charge in [0.2, 0.25) is 5.91 Å². The molecule has 0 aromatic rings. The van der Waals surface area contributed by atoms with Crippen LogP contribution >= 0.6 is 0 Å². The summed E-state index contributed by atoms with van der Waals surface area (Å²) in [5, 5.41) is 8.96. The molecule has 0 radical (unpaired) electrons. The highest BCUT2D eigenvalue weighted by Crippen LogP contribution is 2.36. The van der Waals surface area contributed by atoms with E-state index in [1.807, 2.05) is 4.90 Å². The number of carbonyl (C=O) groups excluding carboxylic acids is 1. The molecule has 0 bridgehead atoms. The molecular weight excluding hydrogens is 218 g/mol. The lowest BCUT2D eigenvalue weighted by Gasteiger charge is -2.33. The summed E-state index contributed by atoms with van der Waals surface area (Å²) in [5.41, 5.74) is -0.0433. The summed E-state index contributed by atoms with van der Waals surface area (Å²) in [5.74, 6) is -0.944. The Morgan fingerprint density at radius 2 is 1.88 bits per heavy atom. The zero-order chi connectivity index (χ0) is 12.6. The van der Waals surface area contributed by atoms with Crippen molar-refractivity contribution in [3.8, 4) is 0 Å². The number of nitrogens with zero attached hydrogens (tertiary/aromatic N) is 1. The van der Waals surface area contributed by atoms with E-state index in [1.165, 1.54) is 0 Å². The normalized spacial score (nSPS) is 31.8. The van der Waals surface area contributed by atoms with Gasteiger partial charge in [-0.05, 0) is 46.0 Å². The van der Waals surface area contributed by atoms with E-state index >= 15 is 0 Å². The molecule has 2 aliphatic rings. The van der Waals surface area contributed by atoms with E-state index in [4.69, 9.17) is 5.11 Å². The van der Waals surface area contributed by atoms with Crippen LogP contribution in [0.2, 0.25) is 0 Å². The molecule has 0 spiro atoms. The molecule has 2 unspecified atom stereocenters. The third-order valence-corrected chi connectivity index (χ3v) is 4.30. The molecular formula is C13H21NO3. The van der Waals surface area contributed by atoms with Crippen LogP contribution < -0.4 is 0 Å². The Bertz CT molecular complexity index is 338. The molecule has 1 aliphatic heterocycles. The van der Waals surface area contributed by atoms with Crippen LogP contribution in [0.15, 0.2) is 0 Å². The lowest BCUT2D eigenvalue weighted by molar-refractivity contribution is -0.142. The van der Waals surface area contributed by atoms with Crippen LogP contribution in [-0.2, 0) is 9.59 Å². The fourth-order valence-electron chi connectivity index (χ4n) is 3.17. The van der Waals surface area contributed by atoms with E-state index in [-0.39, 0.29) is 23.3 Å². The van der Waals surface area contributed by atoms with Gasteiger partial charge in [0, 0.05) is 18.0 Å². The van der Waals surface area contributed by atoms with Gasteiger partial charge in [-0.25, -0.2) is 0 Å². The molecule has 1 amide bonds. The predicted octanol–water partition coefficient (Wildman–Crippen LogP) is 1.89. The SMILES string of the molecule is CC1(C)CCCN1C(=O)C1CCC(C(=O)O)C1. The Labute approximate surface area is 102 Å². The Morgan fingerprint density at radius 3 is 2.35 bits per heavy atom. The van der Waals surface area contributed by atoms with E-state index in [0.29, 0.717) is 12.8 Å². The third-order valence-electron chi connectivity index (χ3n) is 4.30. The van der Waals surface area contributed by atoms with Crippen LogP contribution in [0.1, 0.15) is 46.0 Å². The maximum Gasteiger partial charge on any atom is 0.306 e. The summed E-state index contributed by atoms with van der Waals surface area (Å²) >= 11 is 0. The van der Waals surface area contributed by atoms with Crippen LogP contribution in [0.25, 0.3) is 0 Å². The standard InChI is InChI=1S/C13H21NO3/c1-13(2)6-3-7-14(13)11(15)9-4-5-10(8-9)12(16)17/h9-10H,3-8H2,1-2H3,(H,16,17). The van der Waals surface area contributed by atoms with Gasteiger partial charge in [0.15, 0.2) is 0 Å². The number of hydrogen-bond acceptors (Lipinski definition) is 2. The number of likely N-dealkylation sites (tertiary alicyclic amines) is 1. The molecule has 1 aliphatic carbocycles. The second-order valence-corrected chi connectivity index (χ2v) is 5.95. The number of carbonyl (C=O) groups is 2. The Hall–Kier alpha value is -1.06. The van der Waals surface area contributed by atoms with E-state index in [9.17, 15) is 9.59 Å². The van der Waals surface area contributed by atoms with Crippen molar-refractivity contribution >= 4 is 11.9 Å². The summed E-state index contributed by atoms with van der Waals surface area (Å²) in [6.07, 6.45) is 4.03. The molecule has 0 aromatic carbocycles. The second-order valence-electron chi connectivity index (χ2n) is 5.95. The minimum atomic E-state index is -0.749. The Balaban J connectivity index is 2.00. The Morgan fingerprint density at radius 1 is 1.24 bits per heavy atom. The second kappa shape index (κ2) is 4.31. The van der Waals surface area contributed by atoms with Crippen molar-refractivity contribution in [3.63, 3.8) is 0 Å². The van der Waals surface area contributed by atoms with Crippen molar-refractivity contribution in [2.45, 2.75) is 51.5 Å². The van der Waals surface area contributed by atoms with Crippen molar-refractivity contribution in [3.05, 3.63) is 0 Å². The minimum absolute atomic E-state index is 0.0433. The molecule has 2 fully saturated rings. The smallest absolute Gasteiger partial charge is 0.306 e. The molecule has 4 heteroatoms. The van der Waals surface area contributed by atoms with E-state index < -0.39 is 5.97 Å². The van der Waals surface area contributed by atoms with Crippen molar-refractivity contribution < 1.29 is 14.7 Å². The highest BCUT2D eigenvalue weighted by molar-refractivity contribution is 5.81. The van der Waals surface area contributed by atoms with E-state index in [0.717, 1.165) is 25.8 Å². The number of amides is 1. The predicted molar refractivity (Wildman–Crippen MR) is 63.5 cm³/mol. The first-order valence-electron chi connectivity index (χ1n) is 6.46. The summed E-state index contributed by atoms with van der Waals surface area (Å²) in [4.78, 5) is 25.2. The molecule has 0 aromatic heterocycles. The van der Waals surface area contributed by atoms with Crippen LogP contribution in [0, 0.1) is 11.8 Å². The maximum absolute atomic E-state index is 12.4. The fraction of sp³-hybridized carbons (Fsp3) is 0.846. The van der Waals surface area contributed by atoms with Crippen LogP contribution in [0.4, 0.5) is 0 Å². The maximum atomic E-state index is 12.4. The highest BCUT2D eigenvalue weighted by Gasteiger charge is 2.41. The summed E-state index contributed by atoms with van der Waals surface area (Å²) in [7, 11) is 0. The van der Waals surface area contributed by atoms with Gasteiger partial charge in [-0.1, -0.05) is 0 Å². The minimum Gasteiger partial charge on any atom is -0.481 e. The van der Waals surface area contributed by atoms with Crippen molar-refractivity contribution in [2.75, 3.05) is 6.54 Å². The molecule has 1 saturated heterocycles. The van der Waals surface area contributed by atoms with Crippen molar-refractivity contribution in [1.82, 2.24) is 4.90 Å². The number of hydrogen-bond donors (Lipinski definition) is 1. The zero-order valence-corrected chi connectivity index (χ0v) is 10.6. The summed E-state index contributed by atoms with van der Waals surface area (Å²) < 4.78 is 0. The fourth-order valence-corrected chi connectivity index (χ4v) is 3.17. The Kier molecular flexibility index (Phi) is 3.15. The molecule has 1 N–H and O–H groups in total. The number of rotatable bonds is 2. The van der Waals surface area contributed by atoms with E-state index in [1.54, 1.807) is 0 Å². The first kappa shape index (κ1) is 12.4. The zero-order valence-electron chi connectivity index (χ0n) is 10.6. The monoisotopic (exact) mass is 239 g/mol. The lowest BCUT2D eigenvalue weighted by Crippen LogP contribution is -2.45. The van der Waals surface area contributed by atoms with Gasteiger partial charge in [-0.15, -0.1) is 0 Å².